The smallest absolute Gasteiger partial charge is 0.0568 e. The maximum Gasteiger partial charge on any atom is 0.0568 e. The van der Waals surface area contributed by atoms with Gasteiger partial charge in [0.1, 0.15) is 0 Å². The quantitative estimate of drug-likeness (QED) is 0.562. The second kappa shape index (κ2) is 7.57. The van der Waals surface area contributed by atoms with Crippen molar-refractivity contribution in [3.63, 3.8) is 0 Å². The molecule has 0 fully saturated rings. The van der Waals surface area contributed by atoms with Gasteiger partial charge in [-0.25, -0.2) is 0 Å². The number of anilines is 2. The first-order valence-electron chi connectivity index (χ1n) is 11.7. The topological polar surface area (TPSA) is 31.2 Å². The van der Waals surface area contributed by atoms with Gasteiger partial charge in [0.15, 0.2) is 0 Å². The van der Waals surface area contributed by atoms with Crippen LogP contribution in [-0.4, -0.2) is 38.6 Å². The summed E-state index contributed by atoms with van der Waals surface area (Å²) in [5, 5.41) is 8.83. The molecule has 0 aliphatic carbocycles. The maximum absolute atomic E-state index is 4.42. The zero-order valence-corrected chi connectivity index (χ0v) is 17.7. The number of aryl methyl sites for hydroxylation is 4. The van der Waals surface area contributed by atoms with Crippen LogP contribution < -0.4 is 9.80 Å². The second-order valence-electron chi connectivity index (χ2n) is 9.25. The minimum absolute atomic E-state index is 1.19. The Morgan fingerprint density at radius 1 is 0.533 bits per heavy atom. The molecule has 2 aromatic carbocycles. The molecule has 4 heterocycles. The molecule has 6 rings (SSSR count). The van der Waals surface area contributed by atoms with Crippen LogP contribution in [0.25, 0.3) is 0 Å². The van der Waals surface area contributed by atoms with Crippen LogP contribution in [0.3, 0.4) is 0 Å². The van der Waals surface area contributed by atoms with Gasteiger partial charge < -0.3 is 9.80 Å². The second-order valence-corrected chi connectivity index (χ2v) is 9.25. The number of rotatable bonds is 3. The molecule has 0 saturated heterocycles. The Morgan fingerprint density at radius 2 is 0.867 bits per heavy atom. The molecule has 4 aliphatic heterocycles. The largest absolute Gasteiger partial charge is 0.371 e. The van der Waals surface area contributed by atoms with Crippen molar-refractivity contribution in [2.45, 2.75) is 51.4 Å². The lowest BCUT2D eigenvalue weighted by atomic mass is 9.90. The van der Waals surface area contributed by atoms with Crippen molar-refractivity contribution >= 4 is 23.8 Å². The Labute approximate surface area is 179 Å². The third-order valence-corrected chi connectivity index (χ3v) is 7.19. The lowest BCUT2D eigenvalue weighted by molar-refractivity contribution is 0.634. The van der Waals surface area contributed by atoms with Gasteiger partial charge >= 0.3 is 0 Å². The van der Waals surface area contributed by atoms with Crippen LogP contribution in [0.2, 0.25) is 0 Å². The molecule has 0 unspecified atom stereocenters. The minimum atomic E-state index is 1.19. The van der Waals surface area contributed by atoms with Crippen LogP contribution in [0, 0.1) is 0 Å². The standard InChI is InChI=1S/C26H30N4/c1-5-21-13-19(14-22-6-2-10-29(9-1)25(21)22)17-27-28-18-20-15-23-7-3-11-30-12-4-8-24(16-20)26(23)30/h13-18H,1-12H2. The summed E-state index contributed by atoms with van der Waals surface area (Å²) < 4.78 is 0. The van der Waals surface area contributed by atoms with Crippen LogP contribution in [-0.2, 0) is 25.7 Å². The normalized spacial score (nSPS) is 20.0. The minimum Gasteiger partial charge on any atom is -0.371 e. The van der Waals surface area contributed by atoms with E-state index in [0.29, 0.717) is 0 Å². The summed E-state index contributed by atoms with van der Waals surface area (Å²) in [6, 6.07) is 9.31. The van der Waals surface area contributed by atoms with E-state index < -0.39 is 0 Å². The van der Waals surface area contributed by atoms with Crippen molar-refractivity contribution in [3.05, 3.63) is 57.6 Å². The fraction of sp³-hybridized carbons (Fsp3) is 0.462. The summed E-state index contributed by atoms with van der Waals surface area (Å²) in [4.78, 5) is 5.17. The lowest BCUT2D eigenvalue weighted by Crippen LogP contribution is -2.34. The van der Waals surface area contributed by atoms with Gasteiger partial charge in [0.2, 0.25) is 0 Å². The summed E-state index contributed by atoms with van der Waals surface area (Å²) in [5.41, 5.74) is 11.4. The van der Waals surface area contributed by atoms with Crippen molar-refractivity contribution in [2.24, 2.45) is 10.2 Å². The first-order chi connectivity index (χ1) is 14.8. The molecule has 30 heavy (non-hydrogen) atoms. The predicted octanol–water partition coefficient (Wildman–Crippen LogP) is 4.54. The molecule has 154 valence electrons. The number of hydrogen-bond donors (Lipinski definition) is 0. The Hall–Kier alpha value is -2.62. The first-order valence-corrected chi connectivity index (χ1v) is 11.7. The Bertz CT molecular complexity index is 890. The van der Waals surface area contributed by atoms with Crippen molar-refractivity contribution in [1.82, 2.24) is 0 Å². The number of benzene rings is 2. The van der Waals surface area contributed by atoms with E-state index in [1.165, 1.54) is 122 Å². The Balaban J connectivity index is 1.23. The van der Waals surface area contributed by atoms with Gasteiger partial charge in [-0.15, -0.1) is 0 Å². The van der Waals surface area contributed by atoms with Crippen LogP contribution in [0.4, 0.5) is 11.4 Å². The van der Waals surface area contributed by atoms with Gasteiger partial charge in [-0.05, 0) is 109 Å². The highest BCUT2D eigenvalue weighted by atomic mass is 15.2. The first kappa shape index (κ1) is 18.2. The molecule has 4 heteroatoms. The average Bonchev–Trinajstić information content (AvgIpc) is 2.78. The van der Waals surface area contributed by atoms with Crippen LogP contribution in [0.5, 0.6) is 0 Å². The van der Waals surface area contributed by atoms with Crippen LogP contribution >= 0.6 is 0 Å². The monoisotopic (exact) mass is 398 g/mol. The molecule has 0 amide bonds. The zero-order chi connectivity index (χ0) is 19.9. The van der Waals surface area contributed by atoms with E-state index in [1.54, 1.807) is 0 Å². The summed E-state index contributed by atoms with van der Waals surface area (Å²) in [6.45, 7) is 4.88. The van der Waals surface area contributed by atoms with Crippen molar-refractivity contribution in [1.29, 1.82) is 0 Å². The Morgan fingerprint density at radius 3 is 1.20 bits per heavy atom. The molecule has 0 bridgehead atoms. The van der Waals surface area contributed by atoms with Gasteiger partial charge in [0.05, 0.1) is 12.4 Å². The average molecular weight is 399 g/mol. The molecule has 0 N–H and O–H groups in total. The molecule has 0 radical (unpaired) electrons. The molecular formula is C26H30N4. The highest BCUT2D eigenvalue weighted by Gasteiger charge is 2.25. The van der Waals surface area contributed by atoms with E-state index in [1.807, 2.05) is 12.4 Å². The molecule has 0 saturated carbocycles. The highest BCUT2D eigenvalue weighted by molar-refractivity contribution is 5.85. The predicted molar refractivity (Wildman–Crippen MR) is 126 cm³/mol. The third-order valence-electron chi connectivity index (χ3n) is 7.19. The third kappa shape index (κ3) is 3.23. The van der Waals surface area contributed by atoms with E-state index in [-0.39, 0.29) is 0 Å². The van der Waals surface area contributed by atoms with E-state index in [9.17, 15) is 0 Å². The molecular weight excluding hydrogens is 368 g/mol. The fourth-order valence-electron chi connectivity index (χ4n) is 6.01. The molecule has 2 aromatic rings. The van der Waals surface area contributed by atoms with Gasteiger partial charge in [-0.1, -0.05) is 0 Å². The molecule has 4 nitrogen and oxygen atoms in total. The molecule has 0 atom stereocenters. The molecule has 0 aromatic heterocycles. The number of nitrogens with zero attached hydrogens (tertiary/aromatic N) is 4. The van der Waals surface area contributed by atoms with Gasteiger partial charge in [0, 0.05) is 37.6 Å². The number of hydrogen-bond acceptors (Lipinski definition) is 4. The van der Waals surface area contributed by atoms with Crippen molar-refractivity contribution in [2.75, 3.05) is 36.0 Å². The summed E-state index contributed by atoms with van der Waals surface area (Å²) in [7, 11) is 0. The lowest BCUT2D eigenvalue weighted by Gasteiger charge is -2.37. The maximum atomic E-state index is 4.42. The van der Waals surface area contributed by atoms with E-state index in [4.69, 9.17) is 0 Å². The summed E-state index contributed by atoms with van der Waals surface area (Å²) in [6.07, 6.45) is 13.7. The SMILES string of the molecule is C(=NN=Cc1cc2c3c(c1)CCCN3CCC2)c1cc2c3c(c1)CCCN3CCC2. The van der Waals surface area contributed by atoms with E-state index >= 15 is 0 Å². The zero-order valence-electron chi connectivity index (χ0n) is 17.7. The summed E-state index contributed by atoms with van der Waals surface area (Å²) >= 11 is 0. The van der Waals surface area contributed by atoms with Crippen LogP contribution in [0.1, 0.15) is 59.1 Å². The highest BCUT2D eigenvalue weighted by Crippen LogP contribution is 2.37. The van der Waals surface area contributed by atoms with Gasteiger partial charge in [-0.2, -0.15) is 10.2 Å². The van der Waals surface area contributed by atoms with Crippen molar-refractivity contribution in [3.8, 4) is 0 Å². The van der Waals surface area contributed by atoms with E-state index in [0.717, 1.165) is 0 Å². The fourth-order valence-corrected chi connectivity index (χ4v) is 6.01. The molecule has 4 aliphatic rings. The summed E-state index contributed by atoms with van der Waals surface area (Å²) in [5.74, 6) is 0. The van der Waals surface area contributed by atoms with Crippen LogP contribution in [0.15, 0.2) is 34.5 Å². The molecule has 0 spiro atoms. The van der Waals surface area contributed by atoms with E-state index in [2.05, 4.69) is 44.3 Å². The van der Waals surface area contributed by atoms with Gasteiger partial charge in [-0.3, -0.25) is 0 Å². The van der Waals surface area contributed by atoms with Crippen molar-refractivity contribution < 1.29 is 0 Å². The Kier molecular flexibility index (Phi) is 4.59. The van der Waals surface area contributed by atoms with Gasteiger partial charge in [0.25, 0.3) is 0 Å².